The standard InChI is InChI=1S/C9H10Cl2F2O2S/c10-7-3-5(9(11)16-7)6(14)1-2-15-4-8(12)13/h3,6,8,14H,1-2,4H2. The molecule has 0 amide bonds. The van der Waals surface area contributed by atoms with Crippen molar-refractivity contribution in [3.05, 3.63) is 20.3 Å². The van der Waals surface area contributed by atoms with Gasteiger partial charge in [-0.15, -0.1) is 11.3 Å². The van der Waals surface area contributed by atoms with Gasteiger partial charge in [-0.3, -0.25) is 0 Å². The maximum Gasteiger partial charge on any atom is 0.261 e. The summed E-state index contributed by atoms with van der Waals surface area (Å²) in [6, 6.07) is 1.56. The highest BCUT2D eigenvalue weighted by atomic mass is 35.5. The monoisotopic (exact) mass is 290 g/mol. The van der Waals surface area contributed by atoms with Crippen LogP contribution in [0.1, 0.15) is 18.1 Å². The van der Waals surface area contributed by atoms with Crippen molar-refractivity contribution in [3.63, 3.8) is 0 Å². The predicted octanol–water partition coefficient (Wildman–Crippen LogP) is 3.76. The molecule has 1 atom stereocenters. The molecule has 0 saturated carbocycles. The Kier molecular flexibility index (Phi) is 5.92. The molecule has 1 rings (SSSR count). The molecule has 0 aliphatic heterocycles. The summed E-state index contributed by atoms with van der Waals surface area (Å²) in [6.45, 7) is -0.569. The van der Waals surface area contributed by atoms with Gasteiger partial charge < -0.3 is 9.84 Å². The van der Waals surface area contributed by atoms with Crippen molar-refractivity contribution in [2.24, 2.45) is 0 Å². The molecule has 0 saturated heterocycles. The molecule has 2 nitrogen and oxygen atoms in total. The third kappa shape index (κ3) is 4.51. The van der Waals surface area contributed by atoms with Crippen molar-refractivity contribution in [1.29, 1.82) is 0 Å². The lowest BCUT2D eigenvalue weighted by molar-refractivity contribution is 0.00486. The smallest absolute Gasteiger partial charge is 0.261 e. The normalized spacial score (nSPS) is 13.4. The van der Waals surface area contributed by atoms with Crippen LogP contribution in [0, 0.1) is 0 Å². The minimum atomic E-state index is -2.49. The minimum absolute atomic E-state index is 0.0509. The Morgan fingerprint density at radius 2 is 2.12 bits per heavy atom. The fourth-order valence-electron chi connectivity index (χ4n) is 1.10. The lowest BCUT2D eigenvalue weighted by Crippen LogP contribution is -2.08. The van der Waals surface area contributed by atoms with E-state index < -0.39 is 19.1 Å². The van der Waals surface area contributed by atoms with E-state index in [9.17, 15) is 13.9 Å². The van der Waals surface area contributed by atoms with Crippen LogP contribution >= 0.6 is 34.5 Å². The van der Waals surface area contributed by atoms with Crippen LogP contribution in [-0.2, 0) is 4.74 Å². The Hall–Kier alpha value is 0.0600. The molecular formula is C9H10Cl2F2O2S. The molecule has 1 aromatic rings. The summed E-state index contributed by atoms with van der Waals surface area (Å²) in [4.78, 5) is 0. The summed E-state index contributed by atoms with van der Waals surface area (Å²) in [5.74, 6) is 0. The van der Waals surface area contributed by atoms with Gasteiger partial charge in [0.2, 0.25) is 0 Å². The van der Waals surface area contributed by atoms with E-state index in [0.717, 1.165) is 11.3 Å². The Labute approximate surface area is 106 Å². The van der Waals surface area contributed by atoms with Crippen molar-refractivity contribution < 1.29 is 18.6 Å². The predicted molar refractivity (Wildman–Crippen MR) is 60.7 cm³/mol. The number of hydrogen-bond donors (Lipinski definition) is 1. The van der Waals surface area contributed by atoms with Gasteiger partial charge in [0.05, 0.1) is 10.4 Å². The largest absolute Gasteiger partial charge is 0.388 e. The maximum atomic E-state index is 11.7. The topological polar surface area (TPSA) is 29.5 Å². The second-order valence-electron chi connectivity index (χ2n) is 3.05. The minimum Gasteiger partial charge on any atom is -0.388 e. The van der Waals surface area contributed by atoms with Gasteiger partial charge in [0.25, 0.3) is 6.43 Å². The quantitative estimate of drug-likeness (QED) is 0.809. The molecule has 1 N–H and O–H groups in total. The van der Waals surface area contributed by atoms with Gasteiger partial charge in [-0.05, 0) is 6.07 Å². The lowest BCUT2D eigenvalue weighted by Gasteiger charge is -2.09. The SMILES string of the molecule is OC(CCOCC(F)F)c1cc(Cl)sc1Cl. The van der Waals surface area contributed by atoms with Crippen LogP contribution in [0.2, 0.25) is 8.67 Å². The molecule has 0 aliphatic carbocycles. The zero-order valence-corrected chi connectivity index (χ0v) is 10.5. The highest BCUT2D eigenvalue weighted by Crippen LogP contribution is 2.35. The molecule has 1 unspecified atom stereocenters. The van der Waals surface area contributed by atoms with Gasteiger partial charge in [0.15, 0.2) is 0 Å². The van der Waals surface area contributed by atoms with E-state index in [1.807, 2.05) is 0 Å². The summed E-state index contributed by atoms with van der Waals surface area (Å²) < 4.78 is 29.0. The van der Waals surface area contributed by atoms with Gasteiger partial charge in [-0.1, -0.05) is 23.2 Å². The molecule has 7 heteroatoms. The van der Waals surface area contributed by atoms with Crippen LogP contribution in [-0.4, -0.2) is 24.7 Å². The Bertz CT molecular complexity index is 333. The first-order valence-electron chi connectivity index (χ1n) is 4.49. The Balaban J connectivity index is 2.35. The first-order valence-corrected chi connectivity index (χ1v) is 6.06. The Morgan fingerprint density at radius 3 is 2.62 bits per heavy atom. The van der Waals surface area contributed by atoms with Crippen LogP contribution in [0.15, 0.2) is 6.07 Å². The zero-order chi connectivity index (χ0) is 12.1. The van der Waals surface area contributed by atoms with Gasteiger partial charge in [0.1, 0.15) is 10.9 Å². The van der Waals surface area contributed by atoms with Crippen molar-refractivity contribution >= 4 is 34.5 Å². The fourth-order valence-corrected chi connectivity index (χ4v) is 2.67. The fraction of sp³-hybridized carbons (Fsp3) is 0.556. The van der Waals surface area contributed by atoms with Crippen LogP contribution in [0.25, 0.3) is 0 Å². The number of rotatable bonds is 6. The van der Waals surface area contributed by atoms with Crippen LogP contribution in [0.5, 0.6) is 0 Å². The number of halogens is 4. The van der Waals surface area contributed by atoms with E-state index in [1.54, 1.807) is 6.07 Å². The summed E-state index contributed by atoms with van der Waals surface area (Å²) in [7, 11) is 0. The van der Waals surface area contributed by atoms with E-state index in [-0.39, 0.29) is 13.0 Å². The molecule has 1 heterocycles. The summed E-state index contributed by atoms with van der Waals surface area (Å²) in [6.07, 6.45) is -3.12. The van der Waals surface area contributed by atoms with Crippen LogP contribution < -0.4 is 0 Å². The number of thiophene rings is 1. The van der Waals surface area contributed by atoms with E-state index in [4.69, 9.17) is 23.2 Å². The highest BCUT2D eigenvalue weighted by Gasteiger charge is 2.15. The van der Waals surface area contributed by atoms with Crippen LogP contribution in [0.4, 0.5) is 8.78 Å². The number of aliphatic hydroxyl groups is 1. The maximum absolute atomic E-state index is 11.7. The first kappa shape index (κ1) is 14.1. The number of aliphatic hydroxyl groups excluding tert-OH is 1. The van der Waals surface area contributed by atoms with Gasteiger partial charge in [0, 0.05) is 18.6 Å². The molecular weight excluding hydrogens is 281 g/mol. The number of hydrogen-bond acceptors (Lipinski definition) is 3. The van der Waals surface area contributed by atoms with E-state index in [2.05, 4.69) is 4.74 Å². The molecule has 0 bridgehead atoms. The summed E-state index contributed by atoms with van der Waals surface area (Å²) in [5.41, 5.74) is 0.511. The summed E-state index contributed by atoms with van der Waals surface area (Å²) in [5, 5.41) is 9.68. The molecule has 0 radical (unpaired) electrons. The molecule has 0 spiro atoms. The van der Waals surface area contributed by atoms with Crippen molar-refractivity contribution in [3.8, 4) is 0 Å². The molecule has 1 aromatic heterocycles. The molecule has 16 heavy (non-hydrogen) atoms. The highest BCUT2D eigenvalue weighted by molar-refractivity contribution is 7.20. The van der Waals surface area contributed by atoms with Crippen molar-refractivity contribution in [2.45, 2.75) is 19.0 Å². The second kappa shape index (κ2) is 6.71. The average molecular weight is 291 g/mol. The average Bonchev–Trinajstić information content (AvgIpc) is 2.52. The van der Waals surface area contributed by atoms with E-state index >= 15 is 0 Å². The molecule has 0 aromatic carbocycles. The molecule has 0 fully saturated rings. The van der Waals surface area contributed by atoms with Gasteiger partial charge in [-0.25, -0.2) is 8.78 Å². The Morgan fingerprint density at radius 1 is 1.44 bits per heavy atom. The first-order chi connectivity index (χ1) is 7.50. The van der Waals surface area contributed by atoms with E-state index in [1.165, 1.54) is 0 Å². The summed E-state index contributed by atoms with van der Waals surface area (Å²) >= 11 is 12.7. The third-order valence-electron chi connectivity index (χ3n) is 1.82. The second-order valence-corrected chi connectivity index (χ2v) is 5.34. The van der Waals surface area contributed by atoms with E-state index in [0.29, 0.717) is 14.2 Å². The van der Waals surface area contributed by atoms with Crippen molar-refractivity contribution in [1.82, 2.24) is 0 Å². The number of alkyl halides is 2. The lowest BCUT2D eigenvalue weighted by atomic mass is 10.1. The van der Waals surface area contributed by atoms with Gasteiger partial charge in [-0.2, -0.15) is 0 Å². The number of ether oxygens (including phenoxy) is 1. The molecule has 0 aliphatic rings. The third-order valence-corrected chi connectivity index (χ3v) is 3.34. The zero-order valence-electron chi connectivity index (χ0n) is 8.13. The van der Waals surface area contributed by atoms with Crippen LogP contribution in [0.3, 0.4) is 0 Å². The molecule has 92 valence electrons. The van der Waals surface area contributed by atoms with Crippen molar-refractivity contribution in [2.75, 3.05) is 13.2 Å². The van der Waals surface area contributed by atoms with Gasteiger partial charge >= 0.3 is 0 Å².